The first-order chi connectivity index (χ1) is 15.0. The fourth-order valence-electron chi connectivity index (χ4n) is 4.47. The van der Waals surface area contributed by atoms with Gasteiger partial charge in [0, 0.05) is 25.0 Å². The second kappa shape index (κ2) is 8.94. The maximum absolute atomic E-state index is 12.9. The van der Waals surface area contributed by atoms with Crippen LogP contribution in [0.2, 0.25) is 0 Å². The SMILES string of the molecule is CCOC(=O)c1cc2c(-c3ccnc(NC)c3)ccn2c(C(C)=C2CCNCC2)c1C. The maximum Gasteiger partial charge on any atom is 0.338 e. The Morgan fingerprint density at radius 1 is 1.26 bits per heavy atom. The Hall–Kier alpha value is -3.12. The van der Waals surface area contributed by atoms with Crippen molar-refractivity contribution in [2.45, 2.75) is 33.6 Å². The van der Waals surface area contributed by atoms with Gasteiger partial charge >= 0.3 is 5.97 Å². The van der Waals surface area contributed by atoms with E-state index in [-0.39, 0.29) is 5.97 Å². The molecule has 0 aromatic carbocycles. The lowest BCUT2D eigenvalue weighted by Gasteiger charge is -2.22. The first-order valence-electron chi connectivity index (χ1n) is 10.9. The number of hydrogen-bond donors (Lipinski definition) is 2. The average Bonchev–Trinajstić information content (AvgIpc) is 3.22. The Labute approximate surface area is 183 Å². The summed E-state index contributed by atoms with van der Waals surface area (Å²) in [6.07, 6.45) is 5.96. The normalized spacial score (nSPS) is 14.0. The number of nitrogens with one attached hydrogen (secondary N) is 2. The number of rotatable bonds is 5. The van der Waals surface area contributed by atoms with Gasteiger partial charge in [-0.25, -0.2) is 9.78 Å². The topological polar surface area (TPSA) is 67.7 Å². The lowest BCUT2D eigenvalue weighted by Crippen LogP contribution is -2.24. The van der Waals surface area contributed by atoms with Crippen LogP contribution in [0, 0.1) is 6.92 Å². The van der Waals surface area contributed by atoms with Gasteiger partial charge in [0.05, 0.1) is 23.4 Å². The summed E-state index contributed by atoms with van der Waals surface area (Å²) in [6, 6.07) is 8.10. The smallest absolute Gasteiger partial charge is 0.338 e. The number of piperidine rings is 1. The molecule has 0 bridgehead atoms. The Kier molecular flexibility index (Phi) is 6.09. The molecule has 0 unspecified atom stereocenters. The molecule has 1 aliphatic rings. The van der Waals surface area contributed by atoms with Crippen LogP contribution >= 0.6 is 0 Å². The van der Waals surface area contributed by atoms with Crippen molar-refractivity contribution in [3.05, 3.63) is 59.1 Å². The summed E-state index contributed by atoms with van der Waals surface area (Å²) in [5, 5.41) is 6.53. The number of hydrogen-bond acceptors (Lipinski definition) is 5. The summed E-state index contributed by atoms with van der Waals surface area (Å²) in [4.78, 5) is 17.2. The number of carbonyl (C=O) groups is 1. The molecule has 0 amide bonds. The predicted octanol–water partition coefficient (Wildman–Crippen LogP) is 4.69. The van der Waals surface area contributed by atoms with E-state index in [0.29, 0.717) is 12.2 Å². The highest BCUT2D eigenvalue weighted by Gasteiger charge is 2.21. The van der Waals surface area contributed by atoms with Gasteiger partial charge in [0.1, 0.15) is 5.82 Å². The molecule has 0 aliphatic carbocycles. The van der Waals surface area contributed by atoms with E-state index in [2.05, 4.69) is 39.2 Å². The molecular weight excluding hydrogens is 388 g/mol. The average molecular weight is 419 g/mol. The Bertz CT molecular complexity index is 1150. The molecular formula is C25H30N4O2. The minimum atomic E-state index is -0.273. The molecule has 4 heterocycles. The molecule has 1 saturated heterocycles. The van der Waals surface area contributed by atoms with Gasteiger partial charge < -0.3 is 19.8 Å². The van der Waals surface area contributed by atoms with Gasteiger partial charge in [-0.05, 0) is 87.7 Å². The van der Waals surface area contributed by atoms with Crippen LogP contribution in [0.3, 0.4) is 0 Å². The van der Waals surface area contributed by atoms with Gasteiger partial charge in [-0.2, -0.15) is 0 Å². The number of anilines is 1. The molecule has 0 atom stereocenters. The van der Waals surface area contributed by atoms with E-state index in [0.717, 1.165) is 59.7 Å². The van der Waals surface area contributed by atoms with E-state index in [4.69, 9.17) is 4.74 Å². The first kappa shape index (κ1) is 21.1. The lowest BCUT2D eigenvalue weighted by molar-refractivity contribution is 0.0525. The van der Waals surface area contributed by atoms with Gasteiger partial charge in [0.25, 0.3) is 0 Å². The molecule has 6 nitrogen and oxygen atoms in total. The minimum absolute atomic E-state index is 0.273. The number of pyridine rings is 2. The predicted molar refractivity (Wildman–Crippen MR) is 126 cm³/mol. The zero-order valence-electron chi connectivity index (χ0n) is 18.7. The summed E-state index contributed by atoms with van der Waals surface area (Å²) in [6.45, 7) is 8.39. The van der Waals surface area contributed by atoms with E-state index in [9.17, 15) is 4.79 Å². The highest BCUT2D eigenvalue weighted by Crippen LogP contribution is 2.34. The molecule has 3 aromatic heterocycles. The standard InChI is InChI=1S/C25H30N4O2/c1-5-31-25(30)21-15-22-20(19-8-12-28-23(14-19)26-4)9-13-29(22)24(17(21)3)16(2)18-6-10-27-11-7-18/h8-9,12-15,27H,5-7,10-11H2,1-4H3,(H,26,28). The second-order valence-electron chi connectivity index (χ2n) is 7.90. The Morgan fingerprint density at radius 2 is 2.03 bits per heavy atom. The molecule has 4 rings (SSSR count). The maximum atomic E-state index is 12.9. The Morgan fingerprint density at radius 3 is 2.74 bits per heavy atom. The van der Waals surface area contributed by atoms with Crippen LogP contribution in [0.5, 0.6) is 0 Å². The van der Waals surface area contributed by atoms with Crippen molar-refractivity contribution in [3.63, 3.8) is 0 Å². The van der Waals surface area contributed by atoms with Crippen molar-refractivity contribution in [2.24, 2.45) is 0 Å². The van der Waals surface area contributed by atoms with Crippen molar-refractivity contribution in [1.29, 1.82) is 0 Å². The lowest BCUT2D eigenvalue weighted by atomic mass is 9.93. The molecule has 1 aliphatic heterocycles. The summed E-state index contributed by atoms with van der Waals surface area (Å²) < 4.78 is 7.62. The van der Waals surface area contributed by atoms with Gasteiger partial charge in [-0.3, -0.25) is 0 Å². The number of fused-ring (bicyclic) bond motifs is 1. The third-order valence-electron chi connectivity index (χ3n) is 6.12. The summed E-state index contributed by atoms with van der Waals surface area (Å²) >= 11 is 0. The van der Waals surface area contributed by atoms with E-state index in [1.165, 1.54) is 11.1 Å². The number of aromatic nitrogens is 2. The molecule has 162 valence electrons. The molecule has 0 saturated carbocycles. The zero-order chi connectivity index (χ0) is 22.0. The van der Waals surface area contributed by atoms with E-state index < -0.39 is 0 Å². The number of esters is 1. The van der Waals surface area contributed by atoms with Gasteiger partial charge in [0.15, 0.2) is 0 Å². The van der Waals surface area contributed by atoms with Crippen molar-refractivity contribution in [1.82, 2.24) is 14.7 Å². The van der Waals surface area contributed by atoms with Crippen molar-refractivity contribution in [2.75, 3.05) is 32.1 Å². The van der Waals surface area contributed by atoms with E-state index in [1.54, 1.807) is 6.20 Å². The first-order valence-corrected chi connectivity index (χ1v) is 10.9. The minimum Gasteiger partial charge on any atom is -0.462 e. The van der Waals surface area contributed by atoms with Crippen molar-refractivity contribution in [3.8, 4) is 11.1 Å². The zero-order valence-corrected chi connectivity index (χ0v) is 18.7. The molecule has 2 N–H and O–H groups in total. The van der Waals surface area contributed by atoms with Crippen molar-refractivity contribution < 1.29 is 9.53 Å². The van der Waals surface area contributed by atoms with Gasteiger partial charge in [-0.15, -0.1) is 0 Å². The van der Waals surface area contributed by atoms with E-state index in [1.807, 2.05) is 39.1 Å². The van der Waals surface area contributed by atoms with Crippen molar-refractivity contribution >= 4 is 22.9 Å². The van der Waals surface area contributed by atoms with Crippen LogP contribution in [-0.2, 0) is 4.74 Å². The van der Waals surface area contributed by atoms with Gasteiger partial charge in [-0.1, -0.05) is 5.57 Å². The van der Waals surface area contributed by atoms with Crippen LogP contribution in [0.25, 0.3) is 22.2 Å². The molecule has 0 radical (unpaired) electrons. The quantitative estimate of drug-likeness (QED) is 0.589. The molecule has 1 fully saturated rings. The summed E-state index contributed by atoms with van der Waals surface area (Å²) in [5.74, 6) is 0.535. The number of nitrogens with zero attached hydrogens (tertiary/aromatic N) is 2. The number of allylic oxidation sites excluding steroid dienone is 1. The Balaban J connectivity index is 1.98. The van der Waals surface area contributed by atoms with E-state index >= 15 is 0 Å². The molecule has 3 aromatic rings. The van der Waals surface area contributed by atoms with Crippen LogP contribution in [-0.4, -0.2) is 42.1 Å². The molecule has 0 spiro atoms. The van der Waals surface area contributed by atoms with Gasteiger partial charge in [0.2, 0.25) is 0 Å². The second-order valence-corrected chi connectivity index (χ2v) is 7.90. The third-order valence-corrected chi connectivity index (χ3v) is 6.12. The molecule has 31 heavy (non-hydrogen) atoms. The monoisotopic (exact) mass is 418 g/mol. The molecule has 6 heteroatoms. The third kappa shape index (κ3) is 3.95. The highest BCUT2D eigenvalue weighted by molar-refractivity contribution is 5.96. The highest BCUT2D eigenvalue weighted by atomic mass is 16.5. The van der Waals surface area contributed by atoms with Crippen LogP contribution < -0.4 is 10.6 Å². The number of carbonyl (C=O) groups excluding carboxylic acids is 1. The fraction of sp³-hybridized carbons (Fsp3) is 0.360. The van der Waals surface area contributed by atoms with Crippen LogP contribution in [0.1, 0.15) is 48.3 Å². The number of ether oxygens (including phenoxy) is 1. The van der Waals surface area contributed by atoms with Crippen LogP contribution in [0.4, 0.5) is 5.82 Å². The summed E-state index contributed by atoms with van der Waals surface area (Å²) in [5.41, 5.74) is 8.48. The largest absolute Gasteiger partial charge is 0.462 e. The fourth-order valence-corrected chi connectivity index (χ4v) is 4.47. The van der Waals surface area contributed by atoms with Crippen LogP contribution in [0.15, 0.2) is 42.2 Å². The summed E-state index contributed by atoms with van der Waals surface area (Å²) in [7, 11) is 1.86.